The second kappa shape index (κ2) is 15.3. The van der Waals surface area contributed by atoms with Gasteiger partial charge in [-0.2, -0.15) is 0 Å². The molecule has 41 heavy (non-hydrogen) atoms. The molecule has 0 aliphatic carbocycles. The number of carbonyl (C=O) groups is 2. The second-order valence-corrected chi connectivity index (χ2v) is 10.3. The van der Waals surface area contributed by atoms with Gasteiger partial charge in [-0.1, -0.05) is 55.6 Å². The van der Waals surface area contributed by atoms with Gasteiger partial charge in [-0.05, 0) is 68.1 Å². The summed E-state index contributed by atoms with van der Waals surface area (Å²) in [6, 6.07) is 12.6. The highest BCUT2D eigenvalue weighted by Gasteiger charge is 2.27. The molecule has 2 N–H and O–H groups in total. The molecule has 0 aliphatic heterocycles. The monoisotopic (exact) mass is 582 g/mol. The van der Waals surface area contributed by atoms with E-state index in [4.69, 9.17) is 21.1 Å². The summed E-state index contributed by atoms with van der Waals surface area (Å²) in [4.78, 5) is 39.4. The van der Waals surface area contributed by atoms with Crippen LogP contribution in [0.5, 0.6) is 11.5 Å². The molecule has 0 aliphatic rings. The number of rotatable bonds is 15. The van der Waals surface area contributed by atoms with Crippen molar-refractivity contribution < 1.29 is 24.2 Å². The lowest BCUT2D eigenvalue weighted by molar-refractivity contribution is -0.138. The van der Waals surface area contributed by atoms with Gasteiger partial charge in [-0.15, -0.1) is 0 Å². The number of aryl methyl sites for hydroxylation is 1. The minimum atomic E-state index is -1.07. The first-order valence-electron chi connectivity index (χ1n) is 14.0. The molecule has 0 saturated heterocycles. The van der Waals surface area contributed by atoms with Gasteiger partial charge in [0.2, 0.25) is 5.91 Å². The second-order valence-electron chi connectivity index (χ2n) is 9.91. The molecule has 220 valence electrons. The predicted molar refractivity (Wildman–Crippen MR) is 160 cm³/mol. The molecule has 2 atom stereocenters. The number of pyridine rings is 1. The highest BCUT2D eigenvalue weighted by Crippen LogP contribution is 2.32. The summed E-state index contributed by atoms with van der Waals surface area (Å²) in [6.45, 7) is 8.43. The Morgan fingerprint density at radius 1 is 1.00 bits per heavy atom. The van der Waals surface area contributed by atoms with Crippen LogP contribution in [0.3, 0.4) is 0 Å². The molecule has 9 heteroatoms. The molecule has 0 unspecified atom stereocenters. The van der Waals surface area contributed by atoms with Crippen LogP contribution in [0.15, 0.2) is 59.5 Å². The molecule has 0 spiro atoms. The molecule has 0 fully saturated rings. The minimum absolute atomic E-state index is 0.277. The van der Waals surface area contributed by atoms with Crippen LogP contribution in [-0.4, -0.2) is 34.8 Å². The Bertz CT molecular complexity index is 1400. The zero-order valence-electron chi connectivity index (χ0n) is 24.1. The fraction of sp³-hybridized carbons (Fsp3) is 0.406. The molecular formula is C32H39ClN2O6. The lowest BCUT2D eigenvalue weighted by atomic mass is 10.0. The van der Waals surface area contributed by atoms with Gasteiger partial charge >= 0.3 is 5.97 Å². The number of aliphatic carboxylic acids is 1. The number of amides is 1. The molecule has 3 rings (SSSR count). The number of hydrogen-bond acceptors (Lipinski definition) is 5. The van der Waals surface area contributed by atoms with Gasteiger partial charge in [0.1, 0.15) is 6.04 Å². The number of unbranched alkanes of at least 4 members (excludes halogenated alkanes) is 1. The fourth-order valence-corrected chi connectivity index (χ4v) is 5.00. The van der Waals surface area contributed by atoms with Crippen molar-refractivity contribution in [3.05, 3.63) is 92.4 Å². The van der Waals surface area contributed by atoms with Crippen molar-refractivity contribution in [2.45, 2.75) is 71.9 Å². The number of carboxylic acids is 1. The quantitative estimate of drug-likeness (QED) is 0.219. The fourth-order valence-electron chi connectivity index (χ4n) is 4.80. The van der Waals surface area contributed by atoms with E-state index in [0.717, 1.165) is 17.5 Å². The Kier molecular flexibility index (Phi) is 11.8. The molecule has 0 radical (unpaired) electrons. The zero-order valence-corrected chi connectivity index (χ0v) is 24.9. The molecule has 1 amide bonds. The van der Waals surface area contributed by atoms with E-state index in [2.05, 4.69) is 5.32 Å². The van der Waals surface area contributed by atoms with Crippen LogP contribution in [0.2, 0.25) is 5.02 Å². The van der Waals surface area contributed by atoms with E-state index in [9.17, 15) is 19.5 Å². The Hall–Kier alpha value is -3.78. The maximum absolute atomic E-state index is 13.8. The number of nitrogens with zero attached hydrogens (tertiary/aromatic N) is 1. The molecule has 0 bridgehead atoms. The van der Waals surface area contributed by atoms with E-state index in [1.807, 2.05) is 52.0 Å². The van der Waals surface area contributed by atoms with Crippen LogP contribution in [-0.2, 0) is 16.0 Å². The van der Waals surface area contributed by atoms with Crippen LogP contribution in [0.4, 0.5) is 0 Å². The van der Waals surface area contributed by atoms with E-state index < -0.39 is 24.0 Å². The lowest BCUT2D eigenvalue weighted by Crippen LogP contribution is -2.40. The van der Waals surface area contributed by atoms with E-state index in [1.165, 1.54) is 4.57 Å². The SMILES string of the molecule is CCCC[C@@H](C(=O)N[C@@H](CC(=O)O)c1ccc(OCC)c(OCC)c1)n1cc(C)cc(Cc2ccccc2Cl)c1=O. The number of nitrogens with one attached hydrogen (secondary N) is 1. The first kappa shape index (κ1) is 31.7. The van der Waals surface area contributed by atoms with E-state index in [0.29, 0.717) is 60.1 Å². The lowest BCUT2D eigenvalue weighted by Gasteiger charge is -2.25. The zero-order chi connectivity index (χ0) is 29.9. The predicted octanol–water partition coefficient (Wildman–Crippen LogP) is 6.26. The summed E-state index contributed by atoms with van der Waals surface area (Å²) >= 11 is 6.37. The molecule has 8 nitrogen and oxygen atoms in total. The van der Waals surface area contributed by atoms with Gasteiger partial charge in [0.25, 0.3) is 5.56 Å². The number of benzene rings is 2. The van der Waals surface area contributed by atoms with E-state index in [1.54, 1.807) is 30.5 Å². The van der Waals surface area contributed by atoms with Crippen LogP contribution in [0.1, 0.15) is 80.8 Å². The first-order valence-corrected chi connectivity index (χ1v) is 14.4. The average Bonchev–Trinajstić information content (AvgIpc) is 2.93. The van der Waals surface area contributed by atoms with Crippen molar-refractivity contribution in [3.63, 3.8) is 0 Å². The number of ether oxygens (including phenoxy) is 2. The highest BCUT2D eigenvalue weighted by atomic mass is 35.5. The van der Waals surface area contributed by atoms with Gasteiger partial charge in [-0.3, -0.25) is 14.4 Å². The molecule has 1 aromatic heterocycles. The molecule has 0 saturated carbocycles. The Balaban J connectivity index is 1.99. The highest BCUT2D eigenvalue weighted by molar-refractivity contribution is 6.31. The maximum atomic E-state index is 13.8. The molecule has 1 heterocycles. The minimum Gasteiger partial charge on any atom is -0.490 e. The summed E-state index contributed by atoms with van der Waals surface area (Å²) in [6.07, 6.45) is 3.63. The van der Waals surface area contributed by atoms with Crippen LogP contribution in [0.25, 0.3) is 0 Å². The van der Waals surface area contributed by atoms with E-state index >= 15 is 0 Å². The molecule has 2 aromatic carbocycles. The standard InChI is InChI=1S/C32H39ClN2O6/c1-5-8-13-27(35-20-21(4)16-24(32(35)39)17-22-11-9-10-12-25(22)33)31(38)34-26(19-30(36)37)23-14-15-28(40-6-2)29(18-23)41-7-3/h9-12,14-16,18,20,26-27H,5-8,13,17,19H2,1-4H3,(H,34,38)(H,36,37)/t26-,27-/m0/s1. The molecule has 3 aromatic rings. The molecular weight excluding hydrogens is 544 g/mol. The Morgan fingerprint density at radius 2 is 1.71 bits per heavy atom. The van der Waals surface area contributed by atoms with Gasteiger partial charge in [0.05, 0.1) is 25.7 Å². The van der Waals surface area contributed by atoms with E-state index in [-0.39, 0.29) is 12.0 Å². The summed E-state index contributed by atoms with van der Waals surface area (Å²) in [5, 5.41) is 13.2. The Morgan fingerprint density at radius 3 is 2.37 bits per heavy atom. The van der Waals surface area contributed by atoms with Gasteiger partial charge in [0, 0.05) is 23.2 Å². The number of halogens is 1. The number of carboxylic acid groups (broad SMARTS) is 1. The third-order valence-electron chi connectivity index (χ3n) is 6.73. The number of carbonyl (C=O) groups excluding carboxylic acids is 1. The average molecular weight is 583 g/mol. The van der Waals surface area contributed by atoms with Crippen LogP contribution >= 0.6 is 11.6 Å². The summed E-state index contributed by atoms with van der Waals surface area (Å²) < 4.78 is 12.8. The van der Waals surface area contributed by atoms with Crippen molar-refractivity contribution in [1.29, 1.82) is 0 Å². The van der Waals surface area contributed by atoms with Crippen LogP contribution < -0.4 is 20.3 Å². The number of hydrogen-bond donors (Lipinski definition) is 2. The number of aromatic nitrogens is 1. The summed E-state index contributed by atoms with van der Waals surface area (Å²) in [5.74, 6) is -0.482. The van der Waals surface area contributed by atoms with Crippen molar-refractivity contribution in [1.82, 2.24) is 9.88 Å². The van der Waals surface area contributed by atoms with Gasteiger partial charge < -0.3 is 24.5 Å². The van der Waals surface area contributed by atoms with Crippen LogP contribution in [0, 0.1) is 6.92 Å². The van der Waals surface area contributed by atoms with Gasteiger partial charge in [-0.25, -0.2) is 0 Å². The maximum Gasteiger partial charge on any atom is 0.305 e. The summed E-state index contributed by atoms with van der Waals surface area (Å²) in [5.41, 5.74) is 2.47. The van der Waals surface area contributed by atoms with Crippen molar-refractivity contribution >= 4 is 23.5 Å². The third kappa shape index (κ3) is 8.60. The first-order chi connectivity index (χ1) is 19.7. The van der Waals surface area contributed by atoms with Crippen molar-refractivity contribution in [3.8, 4) is 11.5 Å². The summed E-state index contributed by atoms with van der Waals surface area (Å²) in [7, 11) is 0. The van der Waals surface area contributed by atoms with Crippen molar-refractivity contribution in [2.24, 2.45) is 0 Å². The normalized spacial score (nSPS) is 12.4. The van der Waals surface area contributed by atoms with Crippen molar-refractivity contribution in [2.75, 3.05) is 13.2 Å². The smallest absolute Gasteiger partial charge is 0.305 e. The van der Waals surface area contributed by atoms with Gasteiger partial charge in [0.15, 0.2) is 11.5 Å². The Labute approximate surface area is 246 Å². The third-order valence-corrected chi connectivity index (χ3v) is 7.10. The topological polar surface area (TPSA) is 107 Å². The largest absolute Gasteiger partial charge is 0.490 e.